The molecule has 2 aromatic carbocycles. The van der Waals surface area contributed by atoms with Gasteiger partial charge < -0.3 is 15.4 Å². The topological polar surface area (TPSA) is 108 Å². The summed E-state index contributed by atoms with van der Waals surface area (Å²) in [6, 6.07) is 10.7. The Bertz CT molecular complexity index is 1340. The number of rotatable bonds is 5. The van der Waals surface area contributed by atoms with Crippen molar-refractivity contribution < 1.29 is 27.9 Å². The number of fused-ring (bicyclic) bond motifs is 2. The van der Waals surface area contributed by atoms with Gasteiger partial charge in [0.15, 0.2) is 5.78 Å². The van der Waals surface area contributed by atoms with Crippen LogP contribution in [0.2, 0.25) is 0 Å². The third kappa shape index (κ3) is 5.53. The van der Waals surface area contributed by atoms with Crippen molar-refractivity contribution in [3.05, 3.63) is 76.9 Å². The van der Waals surface area contributed by atoms with Crippen molar-refractivity contribution >= 4 is 23.5 Å². The minimum atomic E-state index is -1.17. The lowest BCUT2D eigenvalue weighted by atomic mass is 9.79. The molecule has 3 atom stereocenters. The van der Waals surface area contributed by atoms with Gasteiger partial charge in [0.1, 0.15) is 17.2 Å². The summed E-state index contributed by atoms with van der Waals surface area (Å²) in [5.74, 6) is -2.64. The number of carbonyl (C=O) groups excluding carboxylic acids is 3. The Hall–Kier alpha value is -4.06. The van der Waals surface area contributed by atoms with Gasteiger partial charge in [-0.25, -0.2) is 13.6 Å². The summed E-state index contributed by atoms with van der Waals surface area (Å²) in [6.07, 6.45) is 0.586. The number of nitrogens with zero attached hydrogens (tertiary/aromatic N) is 1. The van der Waals surface area contributed by atoms with E-state index in [4.69, 9.17) is 4.74 Å². The van der Waals surface area contributed by atoms with Gasteiger partial charge in [-0.3, -0.25) is 9.59 Å². The average Bonchev–Trinajstić information content (AvgIpc) is 3.29. The maximum atomic E-state index is 14.0. The van der Waals surface area contributed by atoms with Crippen molar-refractivity contribution in [1.82, 2.24) is 5.32 Å². The monoisotopic (exact) mass is 507 g/mol. The van der Waals surface area contributed by atoms with Crippen LogP contribution in [0.1, 0.15) is 44.7 Å². The van der Waals surface area contributed by atoms with Gasteiger partial charge in [-0.05, 0) is 86.7 Å². The second-order valence-corrected chi connectivity index (χ2v) is 10.4. The fourth-order valence-electron chi connectivity index (χ4n) is 4.92. The smallest absolute Gasteiger partial charge is 0.408 e. The number of benzene rings is 2. The van der Waals surface area contributed by atoms with E-state index in [1.807, 2.05) is 0 Å². The van der Waals surface area contributed by atoms with Crippen molar-refractivity contribution in [2.24, 2.45) is 5.92 Å². The number of carbonyl (C=O) groups is 3. The number of hydrogen-bond acceptors (Lipinski definition) is 5. The number of halogens is 2. The lowest BCUT2D eigenvalue weighted by Crippen LogP contribution is -2.44. The van der Waals surface area contributed by atoms with Crippen LogP contribution in [0.15, 0.2) is 54.1 Å². The van der Waals surface area contributed by atoms with Crippen molar-refractivity contribution in [2.45, 2.75) is 57.1 Å². The maximum absolute atomic E-state index is 14.0. The van der Waals surface area contributed by atoms with E-state index in [0.717, 1.165) is 0 Å². The molecule has 1 aliphatic heterocycles. The summed E-state index contributed by atoms with van der Waals surface area (Å²) in [7, 11) is 0. The molecule has 2 aromatic rings. The van der Waals surface area contributed by atoms with E-state index in [1.165, 1.54) is 42.5 Å². The molecule has 7 nitrogen and oxygen atoms in total. The second kappa shape index (κ2) is 9.77. The SMILES string of the molecule is CC(C)(C)OC(=O)N[C@@H](Cc1cccc(F)c1)C(=O)/C=C1/C[C@]2(C[C@H]1C#N)C(=O)Nc1ccc(F)cc12. The average molecular weight is 508 g/mol. The molecule has 1 saturated carbocycles. The third-order valence-corrected chi connectivity index (χ3v) is 6.53. The first kappa shape index (κ1) is 26.0. The van der Waals surface area contributed by atoms with Crippen molar-refractivity contribution in [3.63, 3.8) is 0 Å². The van der Waals surface area contributed by atoms with Crippen molar-refractivity contribution in [2.75, 3.05) is 5.32 Å². The zero-order chi connectivity index (χ0) is 27.0. The lowest BCUT2D eigenvalue weighted by Gasteiger charge is -2.23. The number of nitrogens with one attached hydrogen (secondary N) is 2. The zero-order valence-electron chi connectivity index (χ0n) is 20.7. The maximum Gasteiger partial charge on any atom is 0.408 e. The Balaban J connectivity index is 1.64. The van der Waals surface area contributed by atoms with Crippen LogP contribution in [0.3, 0.4) is 0 Å². The summed E-state index contributed by atoms with van der Waals surface area (Å²) in [4.78, 5) is 38.9. The van der Waals surface area contributed by atoms with Crippen molar-refractivity contribution in [1.29, 1.82) is 5.26 Å². The number of ether oxygens (including phenoxy) is 1. The molecule has 1 fully saturated rings. The number of anilines is 1. The van der Waals surface area contributed by atoms with E-state index in [2.05, 4.69) is 16.7 Å². The third-order valence-electron chi connectivity index (χ3n) is 6.53. The number of nitriles is 1. The van der Waals surface area contributed by atoms with Crippen LogP contribution in [0.5, 0.6) is 0 Å². The molecule has 4 rings (SSSR count). The summed E-state index contributed by atoms with van der Waals surface area (Å²) >= 11 is 0. The highest BCUT2D eigenvalue weighted by Crippen LogP contribution is 2.53. The Morgan fingerprint density at radius 3 is 2.65 bits per heavy atom. The summed E-state index contributed by atoms with van der Waals surface area (Å²) < 4.78 is 33.1. The highest BCUT2D eigenvalue weighted by atomic mass is 19.1. The summed E-state index contributed by atoms with van der Waals surface area (Å²) in [5, 5.41) is 15.1. The molecule has 0 aromatic heterocycles. The standard InChI is InChI=1S/C28H27F2N3O4/c1-27(2,3)37-26(36)33-23(10-16-5-4-6-19(29)9-16)24(34)11-17-13-28(14-18(17)15-31)21-12-20(30)7-8-22(21)32-25(28)35/h4-9,11-12,18,23H,10,13-14H2,1-3H3,(H,32,35)(H,33,36)/b17-11-/t18-,23-,28+/m0/s1. The Morgan fingerprint density at radius 1 is 1.24 bits per heavy atom. The minimum absolute atomic E-state index is 0.0174. The molecular formula is C28H27F2N3O4. The predicted octanol–water partition coefficient (Wildman–Crippen LogP) is 4.72. The molecule has 1 aliphatic carbocycles. The normalized spacial score (nSPS) is 22.3. The Morgan fingerprint density at radius 2 is 1.97 bits per heavy atom. The molecule has 1 heterocycles. The van der Waals surface area contributed by atoms with Crippen molar-refractivity contribution in [3.8, 4) is 6.07 Å². The van der Waals surface area contributed by atoms with E-state index in [1.54, 1.807) is 26.8 Å². The number of alkyl carbamates (subject to hydrolysis) is 1. The number of hydrogen-bond donors (Lipinski definition) is 2. The van der Waals surface area contributed by atoms with E-state index in [-0.39, 0.29) is 25.2 Å². The second-order valence-electron chi connectivity index (χ2n) is 10.4. The first-order valence-corrected chi connectivity index (χ1v) is 11.9. The molecule has 192 valence electrons. The number of allylic oxidation sites excluding steroid dienone is 1. The highest BCUT2D eigenvalue weighted by molar-refractivity contribution is 6.07. The molecule has 9 heteroatoms. The van der Waals surface area contributed by atoms with Gasteiger partial charge >= 0.3 is 6.09 Å². The van der Waals surface area contributed by atoms with Gasteiger partial charge in [-0.1, -0.05) is 12.1 Å². The zero-order valence-corrected chi connectivity index (χ0v) is 20.7. The fourth-order valence-corrected chi connectivity index (χ4v) is 4.92. The first-order valence-electron chi connectivity index (χ1n) is 11.9. The van der Waals surface area contributed by atoms with Crippen LogP contribution in [0.4, 0.5) is 19.3 Å². The van der Waals surface area contributed by atoms with Crippen LogP contribution in [-0.4, -0.2) is 29.4 Å². The Labute approximate surface area is 213 Å². The molecule has 2 N–H and O–H groups in total. The number of ketones is 1. The lowest BCUT2D eigenvalue weighted by molar-refractivity contribution is -0.120. The fraction of sp³-hybridized carbons (Fsp3) is 0.357. The largest absolute Gasteiger partial charge is 0.444 e. The quantitative estimate of drug-likeness (QED) is 0.570. The first-order chi connectivity index (χ1) is 17.4. The van der Waals surface area contributed by atoms with Gasteiger partial charge in [-0.2, -0.15) is 5.26 Å². The van der Waals surface area contributed by atoms with Gasteiger partial charge in [0, 0.05) is 12.1 Å². The van der Waals surface area contributed by atoms with Gasteiger partial charge in [-0.15, -0.1) is 0 Å². The molecule has 2 amide bonds. The van der Waals surface area contributed by atoms with Gasteiger partial charge in [0.2, 0.25) is 5.91 Å². The number of amides is 2. The molecule has 0 bridgehead atoms. The minimum Gasteiger partial charge on any atom is -0.444 e. The highest BCUT2D eigenvalue weighted by Gasteiger charge is 2.53. The summed E-state index contributed by atoms with van der Waals surface area (Å²) in [6.45, 7) is 5.04. The van der Waals surface area contributed by atoms with E-state index in [9.17, 15) is 28.4 Å². The Kier molecular flexibility index (Phi) is 6.87. The summed E-state index contributed by atoms with van der Waals surface area (Å²) in [5.41, 5.74) is -0.150. The van der Waals surface area contributed by atoms with Crippen LogP contribution >= 0.6 is 0 Å². The van der Waals surface area contributed by atoms with Crippen LogP contribution < -0.4 is 10.6 Å². The molecule has 0 saturated heterocycles. The molecule has 2 aliphatic rings. The van der Waals surface area contributed by atoms with Crippen LogP contribution in [0.25, 0.3) is 0 Å². The molecule has 37 heavy (non-hydrogen) atoms. The predicted molar refractivity (Wildman–Crippen MR) is 131 cm³/mol. The van der Waals surface area contributed by atoms with Crippen LogP contribution in [-0.2, 0) is 26.2 Å². The van der Waals surface area contributed by atoms with Gasteiger partial charge in [0.25, 0.3) is 0 Å². The van der Waals surface area contributed by atoms with E-state index in [0.29, 0.717) is 22.4 Å². The molecular weight excluding hydrogens is 480 g/mol. The molecule has 0 unspecified atom stereocenters. The molecule has 0 radical (unpaired) electrons. The van der Waals surface area contributed by atoms with Crippen LogP contribution in [0, 0.1) is 28.9 Å². The van der Waals surface area contributed by atoms with E-state index >= 15 is 0 Å². The van der Waals surface area contributed by atoms with E-state index < -0.39 is 46.5 Å². The van der Waals surface area contributed by atoms with Gasteiger partial charge in [0.05, 0.1) is 23.4 Å². The molecule has 1 spiro atoms.